The zero-order chi connectivity index (χ0) is 15.7. The van der Waals surface area contributed by atoms with E-state index in [0.29, 0.717) is 0 Å². The van der Waals surface area contributed by atoms with Crippen LogP contribution in [0.3, 0.4) is 0 Å². The van der Waals surface area contributed by atoms with Crippen molar-refractivity contribution < 1.29 is 4.58 Å². The molecule has 0 aliphatic heterocycles. The molecule has 0 bridgehead atoms. The number of allylic oxidation sites excluding steroid dienone is 1. The molecule has 0 aliphatic carbocycles. The van der Waals surface area contributed by atoms with Crippen molar-refractivity contribution in [2.24, 2.45) is 0 Å². The topological polar surface area (TPSA) is 6.25 Å². The highest BCUT2D eigenvalue weighted by Crippen LogP contribution is 2.16. The van der Waals surface area contributed by atoms with E-state index in [0.717, 1.165) is 0 Å². The molecule has 0 amide bonds. The number of rotatable bonds is 8. The molecule has 1 aromatic carbocycles. The number of nitrogens with zero attached hydrogens (tertiary/aromatic N) is 2. The molecule has 0 radical (unpaired) electrons. The smallest absolute Gasteiger partial charge is 0.172 e. The van der Waals surface area contributed by atoms with E-state index in [1.807, 2.05) is 0 Å². The molecule has 0 heterocycles. The van der Waals surface area contributed by atoms with Crippen molar-refractivity contribution in [3.63, 3.8) is 0 Å². The first kappa shape index (κ1) is 17.5. The molecule has 0 aliphatic rings. The summed E-state index contributed by atoms with van der Waals surface area (Å²) < 4.78 is 2.09. The van der Waals surface area contributed by atoms with E-state index in [1.54, 1.807) is 0 Å². The summed E-state index contributed by atoms with van der Waals surface area (Å²) in [6, 6.07) is 9.03. The molecule has 116 valence electrons. The van der Waals surface area contributed by atoms with Gasteiger partial charge in [-0.25, -0.2) is 4.58 Å². The first-order valence-corrected chi connectivity index (χ1v) is 8.01. The van der Waals surface area contributed by atoms with Crippen molar-refractivity contribution in [2.75, 3.05) is 28.2 Å². The molecule has 21 heavy (non-hydrogen) atoms. The summed E-state index contributed by atoms with van der Waals surface area (Å²) >= 11 is 0. The number of hydrogen-bond donors (Lipinski definition) is 0. The summed E-state index contributed by atoms with van der Waals surface area (Å²) in [6.07, 6.45) is 10.8. The van der Waals surface area contributed by atoms with Gasteiger partial charge in [0.15, 0.2) is 6.21 Å². The van der Waals surface area contributed by atoms with Crippen molar-refractivity contribution in [3.8, 4) is 0 Å². The highest BCUT2D eigenvalue weighted by molar-refractivity contribution is 6.07. The summed E-state index contributed by atoms with van der Waals surface area (Å²) in [4.78, 5) is 2.09. The second-order valence-electron chi connectivity index (χ2n) is 6.15. The number of aryl methyl sites for hydroxylation is 1. The molecule has 0 atom stereocenters. The molecule has 0 saturated heterocycles. The fraction of sp³-hybridized carbons (Fsp3) is 0.526. The molecular weight excluding hydrogens is 256 g/mol. The minimum absolute atomic E-state index is 1.20. The summed E-state index contributed by atoms with van der Waals surface area (Å²) in [5.41, 5.74) is 3.96. The van der Waals surface area contributed by atoms with Crippen LogP contribution < -0.4 is 0 Å². The maximum Gasteiger partial charge on any atom is 0.172 e. The van der Waals surface area contributed by atoms with Crippen LogP contribution in [0.5, 0.6) is 0 Å². The monoisotopic (exact) mass is 287 g/mol. The van der Waals surface area contributed by atoms with Gasteiger partial charge in [0.2, 0.25) is 0 Å². The maximum absolute atomic E-state index is 2.27. The van der Waals surface area contributed by atoms with E-state index in [1.165, 1.54) is 48.8 Å². The Morgan fingerprint density at radius 2 is 1.71 bits per heavy atom. The standard InChI is InChI=1S/C19H31N2/c1-6-7-8-9-10-17-11-13-18(14-12-17)19(15-20(2)3)16-21(4)5/h11-16H,6-10H2,1-5H3/q+1. The lowest BCUT2D eigenvalue weighted by molar-refractivity contribution is -0.458. The van der Waals surface area contributed by atoms with E-state index in [2.05, 4.69) is 81.3 Å². The average Bonchev–Trinajstić information content (AvgIpc) is 2.42. The second kappa shape index (κ2) is 9.38. The lowest BCUT2D eigenvalue weighted by atomic mass is 10.0. The van der Waals surface area contributed by atoms with Gasteiger partial charge in [-0.1, -0.05) is 50.5 Å². The molecular formula is C19H31N2+. The fourth-order valence-corrected chi connectivity index (χ4v) is 2.36. The number of unbranched alkanes of at least 4 members (excludes halogenated alkanes) is 3. The molecule has 2 nitrogen and oxygen atoms in total. The molecule has 2 heteroatoms. The van der Waals surface area contributed by atoms with Crippen molar-refractivity contribution in [1.29, 1.82) is 0 Å². The summed E-state index contributed by atoms with van der Waals surface area (Å²) in [6.45, 7) is 2.26. The SMILES string of the molecule is CCCCCCc1ccc(C(=CN(C)C)C=[N+](C)C)cc1. The van der Waals surface area contributed by atoms with Crippen LogP contribution in [0.4, 0.5) is 0 Å². The summed E-state index contributed by atoms with van der Waals surface area (Å²) in [5, 5.41) is 0. The first-order valence-electron chi connectivity index (χ1n) is 8.01. The zero-order valence-electron chi connectivity index (χ0n) is 14.4. The van der Waals surface area contributed by atoms with Gasteiger partial charge in [-0.15, -0.1) is 0 Å². The third-order valence-electron chi connectivity index (χ3n) is 3.40. The van der Waals surface area contributed by atoms with Crippen molar-refractivity contribution in [3.05, 3.63) is 41.6 Å². The van der Waals surface area contributed by atoms with Crippen molar-refractivity contribution in [1.82, 2.24) is 4.90 Å². The van der Waals surface area contributed by atoms with Gasteiger partial charge in [-0.05, 0) is 24.0 Å². The Morgan fingerprint density at radius 3 is 2.24 bits per heavy atom. The normalized spacial score (nSPS) is 11.4. The average molecular weight is 287 g/mol. The highest BCUT2D eigenvalue weighted by Gasteiger charge is 2.04. The van der Waals surface area contributed by atoms with Crippen molar-refractivity contribution in [2.45, 2.75) is 39.0 Å². The number of hydrogen-bond acceptors (Lipinski definition) is 1. The van der Waals surface area contributed by atoms with Gasteiger partial charge in [-0.2, -0.15) is 0 Å². The maximum atomic E-state index is 2.27. The number of benzene rings is 1. The molecule has 1 rings (SSSR count). The van der Waals surface area contributed by atoms with Crippen LogP contribution in [0.1, 0.15) is 43.7 Å². The summed E-state index contributed by atoms with van der Waals surface area (Å²) in [5.74, 6) is 0. The third-order valence-corrected chi connectivity index (χ3v) is 3.40. The van der Waals surface area contributed by atoms with Gasteiger partial charge in [-0.3, -0.25) is 0 Å². The van der Waals surface area contributed by atoms with Gasteiger partial charge in [0, 0.05) is 20.3 Å². The van der Waals surface area contributed by atoms with Crippen LogP contribution in [0.15, 0.2) is 30.5 Å². The van der Waals surface area contributed by atoms with Crippen LogP contribution in [-0.4, -0.2) is 43.9 Å². The van der Waals surface area contributed by atoms with Gasteiger partial charge in [0.05, 0.1) is 5.57 Å². The van der Waals surface area contributed by atoms with E-state index >= 15 is 0 Å². The molecule has 0 aromatic heterocycles. The molecule has 0 unspecified atom stereocenters. The highest BCUT2D eigenvalue weighted by atomic mass is 15.0. The van der Waals surface area contributed by atoms with Crippen LogP contribution in [0.25, 0.3) is 5.57 Å². The van der Waals surface area contributed by atoms with Crippen LogP contribution in [0, 0.1) is 0 Å². The Labute approximate surface area is 130 Å². The third kappa shape index (κ3) is 7.12. The van der Waals surface area contributed by atoms with Gasteiger partial charge >= 0.3 is 0 Å². The van der Waals surface area contributed by atoms with Crippen LogP contribution >= 0.6 is 0 Å². The Morgan fingerprint density at radius 1 is 1.05 bits per heavy atom. The van der Waals surface area contributed by atoms with Crippen LogP contribution in [0.2, 0.25) is 0 Å². The van der Waals surface area contributed by atoms with Gasteiger partial charge in [0.1, 0.15) is 14.1 Å². The Balaban J connectivity index is 2.76. The minimum atomic E-state index is 1.20. The molecule has 0 saturated carbocycles. The molecule has 0 N–H and O–H groups in total. The van der Waals surface area contributed by atoms with E-state index in [4.69, 9.17) is 0 Å². The van der Waals surface area contributed by atoms with E-state index in [-0.39, 0.29) is 0 Å². The predicted molar refractivity (Wildman–Crippen MR) is 94.1 cm³/mol. The molecule has 1 aromatic rings. The van der Waals surface area contributed by atoms with E-state index in [9.17, 15) is 0 Å². The lowest BCUT2D eigenvalue weighted by Gasteiger charge is -2.09. The first-order chi connectivity index (χ1) is 10.0. The fourth-order valence-electron chi connectivity index (χ4n) is 2.36. The molecule has 0 spiro atoms. The van der Waals surface area contributed by atoms with Gasteiger partial charge < -0.3 is 4.90 Å². The van der Waals surface area contributed by atoms with Gasteiger partial charge in [0.25, 0.3) is 0 Å². The Hall–Kier alpha value is -1.57. The second-order valence-corrected chi connectivity index (χ2v) is 6.15. The Kier molecular flexibility index (Phi) is 7.81. The predicted octanol–water partition coefficient (Wildman–Crippen LogP) is 4.05. The zero-order valence-corrected chi connectivity index (χ0v) is 14.4. The largest absolute Gasteiger partial charge is 0.383 e. The van der Waals surface area contributed by atoms with E-state index < -0.39 is 0 Å². The Bertz CT molecular complexity index is 463. The summed E-state index contributed by atoms with van der Waals surface area (Å²) in [7, 11) is 8.24. The minimum Gasteiger partial charge on any atom is -0.383 e. The van der Waals surface area contributed by atoms with Crippen LogP contribution in [-0.2, 0) is 6.42 Å². The van der Waals surface area contributed by atoms with Crippen molar-refractivity contribution >= 4 is 11.8 Å². The lowest BCUT2D eigenvalue weighted by Crippen LogP contribution is -2.07. The quantitative estimate of drug-likeness (QED) is 0.397. The molecule has 0 fully saturated rings.